The molecule has 0 aliphatic heterocycles. The van der Waals surface area contributed by atoms with Crippen molar-refractivity contribution in [1.29, 1.82) is 0 Å². The lowest BCUT2D eigenvalue weighted by molar-refractivity contribution is 0.0945. The maximum Gasteiger partial charge on any atom is 0.405 e. The molecule has 0 bridgehead atoms. The molecule has 0 rings (SSSR count). The molecule has 0 saturated heterocycles. The third-order valence-corrected chi connectivity index (χ3v) is 1.07. The van der Waals surface area contributed by atoms with Crippen LogP contribution in [0.15, 0.2) is 0 Å². The minimum Gasteiger partial charge on any atom is -0.465 e. The predicted octanol–water partition coefficient (Wildman–Crippen LogP) is -0.349. The van der Waals surface area contributed by atoms with Gasteiger partial charge in [-0.15, -0.1) is 0 Å². The molecule has 1 amide bonds. The lowest BCUT2D eigenvalue weighted by atomic mass is 10.3. The Labute approximate surface area is 65.0 Å². The molecule has 0 aromatic carbocycles. The van der Waals surface area contributed by atoms with Crippen LogP contribution in [0.2, 0.25) is 0 Å². The summed E-state index contributed by atoms with van der Waals surface area (Å²) in [6.07, 6.45) is -1.15. The van der Waals surface area contributed by atoms with E-state index in [-0.39, 0.29) is 13.2 Å². The van der Waals surface area contributed by atoms with Crippen LogP contribution in [0.25, 0.3) is 0 Å². The molecule has 0 heterocycles. The van der Waals surface area contributed by atoms with Crippen LogP contribution in [0.4, 0.5) is 4.79 Å². The Hall–Kier alpha value is -0.810. The van der Waals surface area contributed by atoms with Gasteiger partial charge in [-0.1, -0.05) is 0 Å². The first-order valence-electron chi connectivity index (χ1n) is 3.38. The molecule has 0 fully saturated rings. The quantitative estimate of drug-likeness (QED) is 0.517. The van der Waals surface area contributed by atoms with Crippen molar-refractivity contribution in [2.24, 2.45) is 0 Å². The summed E-state index contributed by atoms with van der Waals surface area (Å²) in [7, 11) is 0. The van der Waals surface area contributed by atoms with Crippen LogP contribution >= 0.6 is 0 Å². The van der Waals surface area contributed by atoms with Crippen LogP contribution in [-0.4, -0.2) is 42.2 Å². The topological polar surface area (TPSA) is 78.8 Å². The smallest absolute Gasteiger partial charge is 0.405 e. The lowest BCUT2D eigenvalue weighted by Crippen LogP contribution is -2.39. The molecule has 0 saturated carbocycles. The average molecular weight is 163 g/mol. The van der Waals surface area contributed by atoms with Gasteiger partial charge in [0.15, 0.2) is 0 Å². The SMILES string of the molecule is CCOC[C@@H](CO)NC(=O)O. The van der Waals surface area contributed by atoms with Crippen LogP contribution in [0, 0.1) is 0 Å². The second kappa shape index (κ2) is 5.94. The Morgan fingerprint density at radius 1 is 1.73 bits per heavy atom. The van der Waals surface area contributed by atoms with Crippen molar-refractivity contribution in [1.82, 2.24) is 5.32 Å². The molecule has 0 aliphatic rings. The molecule has 11 heavy (non-hydrogen) atoms. The standard InChI is InChI=1S/C6H13NO4/c1-2-11-4-5(3-8)7-6(9)10/h5,7-8H,2-4H2,1H3,(H,9,10)/t5-/m1/s1. The molecule has 0 aromatic rings. The van der Waals surface area contributed by atoms with Gasteiger partial charge in [-0.3, -0.25) is 0 Å². The number of carboxylic acid groups (broad SMARTS) is 1. The van der Waals surface area contributed by atoms with Gasteiger partial charge < -0.3 is 20.3 Å². The summed E-state index contributed by atoms with van der Waals surface area (Å²) in [6.45, 7) is 2.28. The van der Waals surface area contributed by atoms with Crippen LogP contribution in [0.3, 0.4) is 0 Å². The number of ether oxygens (including phenoxy) is 1. The minimum atomic E-state index is -1.15. The van der Waals surface area contributed by atoms with Gasteiger partial charge in [0.2, 0.25) is 0 Å². The van der Waals surface area contributed by atoms with Crippen molar-refractivity contribution in [3.05, 3.63) is 0 Å². The summed E-state index contributed by atoms with van der Waals surface area (Å²) < 4.78 is 4.90. The van der Waals surface area contributed by atoms with Crippen LogP contribution in [0.5, 0.6) is 0 Å². The van der Waals surface area contributed by atoms with E-state index in [1.54, 1.807) is 6.92 Å². The normalized spacial score (nSPS) is 12.5. The molecule has 0 radical (unpaired) electrons. The number of nitrogens with one attached hydrogen (secondary N) is 1. The number of aliphatic hydroxyl groups is 1. The van der Waals surface area contributed by atoms with Gasteiger partial charge >= 0.3 is 6.09 Å². The van der Waals surface area contributed by atoms with Crippen molar-refractivity contribution in [3.8, 4) is 0 Å². The van der Waals surface area contributed by atoms with Crippen molar-refractivity contribution < 1.29 is 19.7 Å². The summed E-state index contributed by atoms with van der Waals surface area (Å²) in [4.78, 5) is 10.1. The van der Waals surface area contributed by atoms with Crippen LogP contribution in [-0.2, 0) is 4.74 Å². The summed E-state index contributed by atoms with van der Waals surface area (Å²) in [5, 5.41) is 18.9. The Bertz CT molecular complexity index is 117. The predicted molar refractivity (Wildman–Crippen MR) is 38.5 cm³/mol. The third-order valence-electron chi connectivity index (χ3n) is 1.07. The van der Waals surface area contributed by atoms with Crippen LogP contribution < -0.4 is 5.32 Å². The molecule has 0 aromatic heterocycles. The van der Waals surface area contributed by atoms with Crippen molar-refractivity contribution in [2.75, 3.05) is 19.8 Å². The number of hydrogen-bond acceptors (Lipinski definition) is 3. The summed E-state index contributed by atoms with van der Waals surface area (Å²) >= 11 is 0. The summed E-state index contributed by atoms with van der Waals surface area (Å²) in [5.74, 6) is 0. The van der Waals surface area contributed by atoms with E-state index in [2.05, 4.69) is 5.32 Å². The second-order valence-electron chi connectivity index (χ2n) is 1.99. The Morgan fingerprint density at radius 2 is 2.36 bits per heavy atom. The van der Waals surface area contributed by atoms with E-state index < -0.39 is 12.1 Å². The number of aliphatic hydroxyl groups excluding tert-OH is 1. The van der Waals surface area contributed by atoms with Crippen LogP contribution in [0.1, 0.15) is 6.92 Å². The van der Waals surface area contributed by atoms with Crippen molar-refractivity contribution in [3.63, 3.8) is 0 Å². The second-order valence-corrected chi connectivity index (χ2v) is 1.99. The maximum atomic E-state index is 10.1. The summed E-state index contributed by atoms with van der Waals surface area (Å²) in [5.41, 5.74) is 0. The molecule has 66 valence electrons. The minimum absolute atomic E-state index is 0.208. The fourth-order valence-electron chi connectivity index (χ4n) is 0.575. The molecule has 5 heteroatoms. The van der Waals surface area contributed by atoms with Gasteiger partial charge in [0.05, 0.1) is 19.3 Å². The van der Waals surface area contributed by atoms with Gasteiger partial charge in [0, 0.05) is 6.61 Å². The fourth-order valence-corrected chi connectivity index (χ4v) is 0.575. The van der Waals surface area contributed by atoms with E-state index in [0.29, 0.717) is 6.61 Å². The van der Waals surface area contributed by atoms with Gasteiger partial charge in [-0.25, -0.2) is 4.79 Å². The largest absolute Gasteiger partial charge is 0.465 e. The highest BCUT2D eigenvalue weighted by Gasteiger charge is 2.08. The first-order chi connectivity index (χ1) is 5.20. The number of rotatable bonds is 5. The first kappa shape index (κ1) is 10.2. The summed E-state index contributed by atoms with van der Waals surface area (Å²) in [6, 6.07) is -0.521. The Morgan fingerprint density at radius 3 is 2.73 bits per heavy atom. The van der Waals surface area contributed by atoms with E-state index in [0.717, 1.165) is 0 Å². The van der Waals surface area contributed by atoms with E-state index in [9.17, 15) is 4.79 Å². The van der Waals surface area contributed by atoms with E-state index >= 15 is 0 Å². The first-order valence-corrected chi connectivity index (χ1v) is 3.38. The van der Waals surface area contributed by atoms with E-state index in [1.165, 1.54) is 0 Å². The Balaban J connectivity index is 3.49. The molecule has 3 N–H and O–H groups in total. The number of hydrogen-bond donors (Lipinski definition) is 3. The molecular formula is C6H13NO4. The molecule has 5 nitrogen and oxygen atoms in total. The molecule has 0 aliphatic carbocycles. The van der Waals surface area contributed by atoms with Crippen molar-refractivity contribution in [2.45, 2.75) is 13.0 Å². The lowest BCUT2D eigenvalue weighted by Gasteiger charge is -2.12. The van der Waals surface area contributed by atoms with Gasteiger partial charge in [0.25, 0.3) is 0 Å². The zero-order valence-corrected chi connectivity index (χ0v) is 6.41. The van der Waals surface area contributed by atoms with Crippen molar-refractivity contribution >= 4 is 6.09 Å². The average Bonchev–Trinajstić information content (AvgIpc) is 1.97. The van der Waals surface area contributed by atoms with E-state index in [1.807, 2.05) is 0 Å². The zero-order valence-electron chi connectivity index (χ0n) is 6.41. The van der Waals surface area contributed by atoms with Gasteiger partial charge in [-0.2, -0.15) is 0 Å². The molecule has 0 spiro atoms. The highest BCUT2D eigenvalue weighted by atomic mass is 16.5. The molecule has 0 unspecified atom stereocenters. The highest BCUT2D eigenvalue weighted by Crippen LogP contribution is 1.84. The van der Waals surface area contributed by atoms with Gasteiger partial charge in [-0.05, 0) is 6.92 Å². The third kappa shape index (κ3) is 5.63. The Kier molecular flexibility index (Phi) is 5.50. The van der Waals surface area contributed by atoms with Gasteiger partial charge in [0.1, 0.15) is 0 Å². The molecular weight excluding hydrogens is 150 g/mol. The number of carbonyl (C=O) groups is 1. The fraction of sp³-hybridized carbons (Fsp3) is 0.833. The number of amides is 1. The zero-order chi connectivity index (χ0) is 8.69. The van der Waals surface area contributed by atoms with E-state index in [4.69, 9.17) is 14.9 Å². The molecule has 1 atom stereocenters. The maximum absolute atomic E-state index is 10.1. The monoisotopic (exact) mass is 163 g/mol. The highest BCUT2D eigenvalue weighted by molar-refractivity contribution is 5.64.